The minimum absolute atomic E-state index is 0.0963. The van der Waals surface area contributed by atoms with E-state index in [1.54, 1.807) is 0 Å². The molecule has 1 aliphatic rings. The van der Waals surface area contributed by atoms with E-state index < -0.39 is 0 Å². The van der Waals surface area contributed by atoms with E-state index in [1.165, 1.54) is 44.6 Å². The Morgan fingerprint density at radius 3 is 1.53 bits per heavy atom. The first-order chi connectivity index (χ1) is 22.1. The SMILES string of the molecule is C=Cc1ccc(C(=C)c2ccc3c(c2)C(C)(C)c2cc(N(c4ccc(C(C)(C)C)cc4)c4ccc(C(C)(C)C)cc4)ccc2-3)cc1C. The maximum atomic E-state index is 4.53. The molecule has 1 nitrogen and oxygen atoms in total. The Morgan fingerprint density at radius 1 is 0.596 bits per heavy atom. The molecule has 6 rings (SSSR count). The van der Waals surface area contributed by atoms with Crippen molar-refractivity contribution in [2.45, 2.75) is 78.6 Å². The monoisotopic (exact) mass is 615 g/mol. The zero-order valence-electron chi connectivity index (χ0n) is 29.8. The van der Waals surface area contributed by atoms with Gasteiger partial charge >= 0.3 is 0 Å². The fraction of sp³-hybridized carbons (Fsp3) is 0.261. The molecule has 0 aliphatic heterocycles. The highest BCUT2D eigenvalue weighted by molar-refractivity contribution is 5.88. The molecule has 0 radical (unpaired) electrons. The van der Waals surface area contributed by atoms with Gasteiger partial charge in [-0.25, -0.2) is 0 Å². The Hall–Kier alpha value is -4.62. The molecule has 5 aromatic rings. The highest BCUT2D eigenvalue weighted by Gasteiger charge is 2.36. The van der Waals surface area contributed by atoms with Crippen molar-refractivity contribution in [3.8, 4) is 11.1 Å². The third-order valence-electron chi connectivity index (χ3n) is 10.1. The van der Waals surface area contributed by atoms with E-state index in [4.69, 9.17) is 0 Å². The van der Waals surface area contributed by atoms with Gasteiger partial charge in [0.2, 0.25) is 0 Å². The van der Waals surface area contributed by atoms with Gasteiger partial charge in [-0.2, -0.15) is 0 Å². The smallest absolute Gasteiger partial charge is 0.0465 e. The van der Waals surface area contributed by atoms with Gasteiger partial charge in [0.15, 0.2) is 0 Å². The summed E-state index contributed by atoms with van der Waals surface area (Å²) in [6.45, 7) is 28.9. The van der Waals surface area contributed by atoms with Crippen molar-refractivity contribution in [3.63, 3.8) is 0 Å². The van der Waals surface area contributed by atoms with Crippen molar-refractivity contribution >= 4 is 28.7 Å². The Kier molecular flexibility index (Phi) is 7.95. The van der Waals surface area contributed by atoms with E-state index in [0.29, 0.717) is 0 Å². The normalized spacial score (nSPS) is 13.6. The maximum absolute atomic E-state index is 4.53. The molecule has 0 fully saturated rings. The van der Waals surface area contributed by atoms with Gasteiger partial charge < -0.3 is 4.90 Å². The number of hydrogen-bond donors (Lipinski definition) is 0. The first-order valence-corrected chi connectivity index (χ1v) is 16.8. The number of benzene rings is 5. The van der Waals surface area contributed by atoms with Crippen LogP contribution in [0, 0.1) is 6.92 Å². The molecule has 1 aliphatic carbocycles. The first-order valence-electron chi connectivity index (χ1n) is 16.8. The van der Waals surface area contributed by atoms with Crippen molar-refractivity contribution in [2.75, 3.05) is 4.90 Å². The molecular weight excluding hydrogens is 567 g/mol. The molecule has 1 heteroatoms. The lowest BCUT2D eigenvalue weighted by atomic mass is 9.81. The van der Waals surface area contributed by atoms with Gasteiger partial charge in [-0.15, -0.1) is 0 Å². The van der Waals surface area contributed by atoms with Crippen LogP contribution < -0.4 is 4.90 Å². The molecule has 0 atom stereocenters. The number of fused-ring (bicyclic) bond motifs is 3. The standard InChI is InChI=1S/C46H49N/c1-12-32-13-14-33(27-30(32)2)31(3)34-15-25-40-41-26-24-39(29-43(41)46(10,11)42(40)28-34)47(37-20-16-35(17-21-37)44(4,5)6)38-22-18-36(19-23-38)45(7,8)9/h12-29H,1,3H2,2,4-11H3. The Balaban J connectivity index is 1.42. The molecular formula is C46H49N. The van der Waals surface area contributed by atoms with E-state index in [-0.39, 0.29) is 16.2 Å². The lowest BCUT2D eigenvalue weighted by Gasteiger charge is -2.29. The van der Waals surface area contributed by atoms with Gasteiger partial charge in [0.05, 0.1) is 0 Å². The molecule has 0 saturated heterocycles. The van der Waals surface area contributed by atoms with Crippen LogP contribution in [0.2, 0.25) is 0 Å². The molecule has 0 bridgehead atoms. The van der Waals surface area contributed by atoms with Gasteiger partial charge in [-0.3, -0.25) is 0 Å². The van der Waals surface area contributed by atoms with Gasteiger partial charge in [0, 0.05) is 22.5 Å². The number of rotatable bonds is 6. The topological polar surface area (TPSA) is 3.24 Å². The van der Waals surface area contributed by atoms with Crippen LogP contribution in [-0.2, 0) is 16.2 Å². The third kappa shape index (κ3) is 5.89. The summed E-state index contributed by atoms with van der Waals surface area (Å²) in [4.78, 5) is 2.40. The summed E-state index contributed by atoms with van der Waals surface area (Å²) in [6.07, 6.45) is 1.91. The second-order valence-electron chi connectivity index (χ2n) is 15.8. The molecule has 0 aromatic heterocycles. The lowest BCUT2D eigenvalue weighted by Crippen LogP contribution is -2.17. The van der Waals surface area contributed by atoms with Crippen molar-refractivity contribution in [2.24, 2.45) is 0 Å². The van der Waals surface area contributed by atoms with Crippen LogP contribution in [0.3, 0.4) is 0 Å². The minimum Gasteiger partial charge on any atom is -0.310 e. The van der Waals surface area contributed by atoms with Gasteiger partial charge in [0.1, 0.15) is 0 Å². The largest absolute Gasteiger partial charge is 0.310 e. The Bertz CT molecular complexity index is 1930. The van der Waals surface area contributed by atoms with Crippen LogP contribution in [0.25, 0.3) is 22.8 Å². The highest BCUT2D eigenvalue weighted by atomic mass is 15.1. The second kappa shape index (κ2) is 11.6. The van der Waals surface area contributed by atoms with Crippen LogP contribution in [0.1, 0.15) is 99.9 Å². The van der Waals surface area contributed by atoms with Crippen LogP contribution in [-0.4, -0.2) is 0 Å². The molecule has 0 saturated carbocycles. The molecule has 0 amide bonds. The van der Waals surface area contributed by atoms with Gasteiger partial charge in [0.25, 0.3) is 0 Å². The summed E-state index contributed by atoms with van der Waals surface area (Å²) in [6, 6.07) is 38.6. The quantitative estimate of drug-likeness (QED) is 0.184. The van der Waals surface area contributed by atoms with Crippen LogP contribution >= 0.6 is 0 Å². The maximum Gasteiger partial charge on any atom is 0.0465 e. The fourth-order valence-electron chi connectivity index (χ4n) is 6.98. The summed E-state index contributed by atoms with van der Waals surface area (Å²) in [5.74, 6) is 0. The van der Waals surface area contributed by atoms with E-state index in [1.807, 2.05) is 6.08 Å². The minimum atomic E-state index is -0.169. The number of anilines is 3. The first kappa shape index (κ1) is 32.3. The molecule has 0 unspecified atom stereocenters. The molecule has 0 heterocycles. The predicted molar refractivity (Wildman–Crippen MR) is 205 cm³/mol. The Morgan fingerprint density at radius 2 is 1.04 bits per heavy atom. The summed E-state index contributed by atoms with van der Waals surface area (Å²) in [5, 5.41) is 0. The zero-order chi connectivity index (χ0) is 33.9. The molecule has 0 spiro atoms. The van der Waals surface area contributed by atoms with Crippen molar-refractivity contribution in [1.29, 1.82) is 0 Å². The summed E-state index contributed by atoms with van der Waals surface area (Å²) in [5.41, 5.74) is 17.2. The van der Waals surface area contributed by atoms with Crippen molar-refractivity contribution < 1.29 is 0 Å². The highest BCUT2D eigenvalue weighted by Crippen LogP contribution is 2.51. The van der Waals surface area contributed by atoms with E-state index >= 15 is 0 Å². The summed E-state index contributed by atoms with van der Waals surface area (Å²) in [7, 11) is 0. The average molecular weight is 616 g/mol. The second-order valence-corrected chi connectivity index (χ2v) is 15.8. The van der Waals surface area contributed by atoms with Crippen LogP contribution in [0.15, 0.2) is 116 Å². The molecule has 0 N–H and O–H groups in total. The van der Waals surface area contributed by atoms with E-state index in [0.717, 1.165) is 33.6 Å². The van der Waals surface area contributed by atoms with Crippen molar-refractivity contribution in [3.05, 3.63) is 161 Å². The average Bonchev–Trinajstić information content (AvgIpc) is 3.25. The van der Waals surface area contributed by atoms with Crippen molar-refractivity contribution in [1.82, 2.24) is 0 Å². The fourth-order valence-corrected chi connectivity index (χ4v) is 6.98. The molecule has 238 valence electrons. The number of aryl methyl sites for hydroxylation is 1. The van der Waals surface area contributed by atoms with Crippen LogP contribution in [0.4, 0.5) is 17.1 Å². The van der Waals surface area contributed by atoms with E-state index in [2.05, 4.69) is 183 Å². The summed E-state index contributed by atoms with van der Waals surface area (Å²) >= 11 is 0. The Labute approximate surface area is 283 Å². The summed E-state index contributed by atoms with van der Waals surface area (Å²) < 4.78 is 0. The zero-order valence-corrected chi connectivity index (χ0v) is 29.8. The predicted octanol–water partition coefficient (Wildman–Crippen LogP) is 13.1. The van der Waals surface area contributed by atoms with Gasteiger partial charge in [-0.1, -0.05) is 135 Å². The van der Waals surface area contributed by atoms with Gasteiger partial charge in [-0.05, 0) is 121 Å². The molecule has 5 aromatic carbocycles. The number of nitrogens with zero attached hydrogens (tertiary/aromatic N) is 1. The third-order valence-corrected chi connectivity index (χ3v) is 10.1. The lowest BCUT2D eigenvalue weighted by molar-refractivity contribution is 0.590. The number of hydrogen-bond acceptors (Lipinski definition) is 1. The van der Waals surface area contributed by atoms with Crippen LogP contribution in [0.5, 0.6) is 0 Å². The molecule has 47 heavy (non-hydrogen) atoms. The van der Waals surface area contributed by atoms with E-state index in [9.17, 15) is 0 Å².